The Bertz CT molecular complexity index is 648. The minimum atomic E-state index is -0.0775. The van der Waals surface area contributed by atoms with Gasteiger partial charge in [-0.1, -0.05) is 24.0 Å². The molecule has 114 valence electrons. The van der Waals surface area contributed by atoms with Gasteiger partial charge in [0.05, 0.1) is 29.6 Å². The zero-order chi connectivity index (χ0) is 15.9. The number of aromatic nitrogens is 2. The van der Waals surface area contributed by atoms with Crippen LogP contribution in [-0.4, -0.2) is 25.9 Å². The number of ketones is 1. The van der Waals surface area contributed by atoms with Gasteiger partial charge >= 0.3 is 0 Å². The van der Waals surface area contributed by atoms with E-state index in [1.165, 1.54) is 23.7 Å². The Morgan fingerprint density at radius 1 is 1.41 bits per heavy atom. The van der Waals surface area contributed by atoms with Crippen LogP contribution in [0.2, 0.25) is 0 Å². The summed E-state index contributed by atoms with van der Waals surface area (Å²) in [4.78, 5) is 19.2. The summed E-state index contributed by atoms with van der Waals surface area (Å²) in [5.41, 5.74) is 1.95. The Labute approximate surface area is 138 Å². The van der Waals surface area contributed by atoms with Crippen LogP contribution in [0.3, 0.4) is 0 Å². The number of thioether (sulfide) groups is 1. The van der Waals surface area contributed by atoms with Crippen molar-refractivity contribution in [3.8, 4) is 0 Å². The first-order valence-corrected chi connectivity index (χ1v) is 7.78. The second-order valence-electron chi connectivity index (χ2n) is 4.36. The maximum Gasteiger partial charge on any atom is 0.178 e. The van der Waals surface area contributed by atoms with E-state index in [-0.39, 0.29) is 5.78 Å². The lowest BCUT2D eigenvalue weighted by molar-refractivity contribution is 0.101. The number of hydrogen-bond acceptors (Lipinski definition) is 7. The van der Waals surface area contributed by atoms with E-state index in [9.17, 15) is 4.79 Å². The summed E-state index contributed by atoms with van der Waals surface area (Å²) in [6, 6.07) is 7.11. The van der Waals surface area contributed by atoms with Crippen LogP contribution in [0.1, 0.15) is 17.4 Å². The molecule has 3 N–H and O–H groups in total. The van der Waals surface area contributed by atoms with Crippen LogP contribution in [0.5, 0.6) is 0 Å². The van der Waals surface area contributed by atoms with Gasteiger partial charge < -0.3 is 5.32 Å². The summed E-state index contributed by atoms with van der Waals surface area (Å²) in [5, 5.41) is 4.57. The summed E-state index contributed by atoms with van der Waals surface area (Å²) < 4.78 is 0.594. The fourth-order valence-electron chi connectivity index (χ4n) is 1.56. The molecule has 0 amide bonds. The molecule has 2 heterocycles. The van der Waals surface area contributed by atoms with Crippen LogP contribution in [0, 0.1) is 0 Å². The first kappa shape index (κ1) is 16.3. The average Bonchev–Trinajstić information content (AvgIpc) is 2.53. The summed E-state index contributed by atoms with van der Waals surface area (Å²) >= 11 is 6.62. The predicted molar refractivity (Wildman–Crippen MR) is 93.8 cm³/mol. The molecule has 0 bridgehead atoms. The number of carbonyl (C=O) groups is 1. The first-order valence-electron chi connectivity index (χ1n) is 6.39. The highest BCUT2D eigenvalue weighted by molar-refractivity contribution is 8.23. The van der Waals surface area contributed by atoms with Gasteiger partial charge in [0.2, 0.25) is 0 Å². The van der Waals surface area contributed by atoms with E-state index in [4.69, 9.17) is 18.1 Å². The second-order valence-corrected chi connectivity index (χ2v) is 5.98. The third-order valence-corrected chi connectivity index (χ3v) is 3.91. The lowest BCUT2D eigenvalue weighted by Crippen LogP contribution is -2.31. The molecule has 0 aliphatic heterocycles. The quantitative estimate of drug-likeness (QED) is 0.284. The van der Waals surface area contributed by atoms with Crippen molar-refractivity contribution in [3.63, 3.8) is 0 Å². The zero-order valence-electron chi connectivity index (χ0n) is 11.9. The highest BCUT2D eigenvalue weighted by Crippen LogP contribution is 2.15. The van der Waals surface area contributed by atoms with Crippen LogP contribution in [0.4, 0.5) is 11.4 Å². The Balaban J connectivity index is 1.85. The topological polar surface area (TPSA) is 84.1 Å². The fraction of sp³-hybridized carbons (Fsp3) is 0.143. The Kier molecular flexibility index (Phi) is 5.82. The average molecular weight is 333 g/mol. The van der Waals surface area contributed by atoms with Crippen molar-refractivity contribution in [2.24, 2.45) is 5.84 Å². The van der Waals surface area contributed by atoms with E-state index < -0.39 is 0 Å². The maximum absolute atomic E-state index is 11.2. The number of anilines is 2. The Morgan fingerprint density at radius 3 is 2.82 bits per heavy atom. The number of pyridine rings is 2. The number of nitrogens with one attached hydrogen (secondary N) is 1. The van der Waals surface area contributed by atoms with Crippen LogP contribution in [-0.2, 0) is 0 Å². The minimum absolute atomic E-state index is 0.0775. The molecule has 0 saturated heterocycles. The highest BCUT2D eigenvalue weighted by Gasteiger charge is 2.07. The third kappa shape index (κ3) is 4.76. The Hall–Kier alpha value is -2.03. The van der Waals surface area contributed by atoms with E-state index in [0.717, 1.165) is 5.69 Å². The lowest BCUT2D eigenvalue weighted by Gasteiger charge is -2.18. The first-order chi connectivity index (χ1) is 10.6. The number of carbonyl (C=O) groups excluding carboxylic acids is 1. The number of thiocarbonyl (C=S) groups is 1. The van der Waals surface area contributed by atoms with E-state index in [0.29, 0.717) is 21.6 Å². The molecule has 0 fully saturated rings. The molecule has 0 aliphatic rings. The molecule has 2 rings (SSSR count). The molecule has 0 aliphatic carbocycles. The minimum Gasteiger partial charge on any atom is -0.340 e. The van der Waals surface area contributed by atoms with Crippen LogP contribution < -0.4 is 16.2 Å². The van der Waals surface area contributed by atoms with Crippen molar-refractivity contribution in [1.82, 2.24) is 9.97 Å². The molecule has 0 atom stereocenters. The monoisotopic (exact) mass is 333 g/mol. The number of hydrazine groups is 1. The molecular formula is C14H15N5OS2. The van der Waals surface area contributed by atoms with Crippen molar-refractivity contribution in [2.75, 3.05) is 16.2 Å². The van der Waals surface area contributed by atoms with E-state index in [1.807, 2.05) is 12.1 Å². The van der Waals surface area contributed by atoms with E-state index in [1.54, 1.807) is 30.7 Å². The van der Waals surface area contributed by atoms with Crippen molar-refractivity contribution in [2.45, 2.75) is 6.92 Å². The van der Waals surface area contributed by atoms with Gasteiger partial charge in [-0.25, -0.2) is 5.84 Å². The summed E-state index contributed by atoms with van der Waals surface area (Å²) in [6.07, 6.45) is 4.95. The largest absolute Gasteiger partial charge is 0.340 e. The van der Waals surface area contributed by atoms with Crippen LogP contribution in [0.15, 0.2) is 42.9 Å². The molecule has 2 aromatic heterocycles. The van der Waals surface area contributed by atoms with Gasteiger partial charge in [0.25, 0.3) is 0 Å². The molecule has 0 spiro atoms. The molecular weight excluding hydrogens is 318 g/mol. The summed E-state index contributed by atoms with van der Waals surface area (Å²) in [7, 11) is 0. The standard InChI is InChI=1S/C14H15N5OS2/c1-10(20)13-5-4-12(8-17-13)19(15)9-22-14(21)18-11-3-2-6-16-7-11/h2-8H,9,15H2,1H3,(H,18,21). The lowest BCUT2D eigenvalue weighted by atomic mass is 10.2. The zero-order valence-corrected chi connectivity index (χ0v) is 13.5. The smallest absolute Gasteiger partial charge is 0.178 e. The van der Waals surface area contributed by atoms with Gasteiger partial charge in [-0.2, -0.15) is 0 Å². The number of nitrogens with two attached hydrogens (primary N) is 1. The van der Waals surface area contributed by atoms with Gasteiger partial charge in [-0.05, 0) is 24.3 Å². The molecule has 0 saturated carbocycles. The predicted octanol–water partition coefficient (Wildman–Crippen LogP) is 2.45. The van der Waals surface area contributed by atoms with Gasteiger partial charge in [0.15, 0.2) is 5.78 Å². The van der Waals surface area contributed by atoms with Gasteiger partial charge in [0, 0.05) is 13.1 Å². The van der Waals surface area contributed by atoms with Crippen molar-refractivity contribution in [1.29, 1.82) is 0 Å². The van der Waals surface area contributed by atoms with E-state index in [2.05, 4.69) is 15.3 Å². The molecule has 6 nitrogen and oxygen atoms in total. The van der Waals surface area contributed by atoms with Crippen LogP contribution in [0.25, 0.3) is 0 Å². The molecule has 8 heteroatoms. The Morgan fingerprint density at radius 2 is 2.23 bits per heavy atom. The number of rotatable bonds is 5. The van der Waals surface area contributed by atoms with Gasteiger partial charge in [0.1, 0.15) is 10.0 Å². The second kappa shape index (κ2) is 7.83. The van der Waals surface area contributed by atoms with Crippen LogP contribution >= 0.6 is 24.0 Å². The number of nitrogens with zero attached hydrogens (tertiary/aromatic N) is 3. The normalized spacial score (nSPS) is 10.1. The highest BCUT2D eigenvalue weighted by atomic mass is 32.2. The SMILES string of the molecule is CC(=O)c1ccc(N(N)CSC(=S)Nc2cccnc2)cn1. The molecule has 0 unspecified atom stereocenters. The van der Waals surface area contributed by atoms with Gasteiger partial charge in [-0.15, -0.1) is 0 Å². The third-order valence-electron chi connectivity index (χ3n) is 2.68. The molecule has 0 radical (unpaired) electrons. The molecule has 0 aromatic carbocycles. The number of Topliss-reactive ketones (excluding diaryl/α,β-unsaturated/α-hetero) is 1. The fourth-order valence-corrected chi connectivity index (χ4v) is 2.43. The molecule has 2 aromatic rings. The summed E-state index contributed by atoms with van der Waals surface area (Å²) in [6.45, 7) is 1.47. The van der Waals surface area contributed by atoms with Crippen molar-refractivity contribution < 1.29 is 4.79 Å². The van der Waals surface area contributed by atoms with Gasteiger partial charge in [-0.3, -0.25) is 19.8 Å². The molecule has 22 heavy (non-hydrogen) atoms. The maximum atomic E-state index is 11.2. The van der Waals surface area contributed by atoms with Crippen molar-refractivity contribution in [3.05, 3.63) is 48.5 Å². The van der Waals surface area contributed by atoms with E-state index >= 15 is 0 Å². The summed E-state index contributed by atoms with van der Waals surface area (Å²) in [5.74, 6) is 6.32. The van der Waals surface area contributed by atoms with Crippen molar-refractivity contribution >= 4 is 45.5 Å². The number of hydrogen-bond donors (Lipinski definition) is 2.